The molecule has 2 saturated heterocycles. The molecule has 0 aromatic heterocycles. The summed E-state index contributed by atoms with van der Waals surface area (Å²) < 4.78 is 0. The highest BCUT2D eigenvalue weighted by Crippen LogP contribution is 2.35. The Labute approximate surface area is 143 Å². The van der Waals surface area contributed by atoms with Gasteiger partial charge in [-0.3, -0.25) is 0 Å². The summed E-state index contributed by atoms with van der Waals surface area (Å²) in [5, 5.41) is 0. The molecule has 0 saturated carbocycles. The van der Waals surface area contributed by atoms with Crippen molar-refractivity contribution in [2.24, 2.45) is 5.92 Å². The van der Waals surface area contributed by atoms with Crippen LogP contribution >= 0.6 is 11.8 Å². The van der Waals surface area contributed by atoms with Crippen LogP contribution in [-0.4, -0.2) is 43.9 Å². The molecular formula is C20H24N2S. The zero-order valence-electron chi connectivity index (χ0n) is 13.9. The Morgan fingerprint density at radius 3 is 2.22 bits per heavy atom. The van der Waals surface area contributed by atoms with Crippen LogP contribution in [0.1, 0.15) is 6.42 Å². The van der Waals surface area contributed by atoms with Gasteiger partial charge in [-0.2, -0.15) is 0 Å². The van der Waals surface area contributed by atoms with Crippen LogP contribution in [0.15, 0.2) is 53.4 Å². The third-order valence-corrected chi connectivity index (χ3v) is 6.10. The summed E-state index contributed by atoms with van der Waals surface area (Å²) in [6, 6.07) is 18.7. The molecule has 2 aliphatic heterocycles. The molecule has 2 nitrogen and oxygen atoms in total. The van der Waals surface area contributed by atoms with Crippen LogP contribution in [0.25, 0.3) is 11.1 Å². The van der Waals surface area contributed by atoms with Crippen molar-refractivity contribution in [2.75, 3.05) is 37.8 Å². The lowest BCUT2D eigenvalue weighted by molar-refractivity contribution is 0.386. The van der Waals surface area contributed by atoms with Crippen molar-refractivity contribution in [2.45, 2.75) is 17.4 Å². The normalized spacial score (nSPS) is 24.2. The second kappa shape index (κ2) is 6.21. The molecule has 0 radical (unpaired) electrons. The first-order valence-electron chi connectivity index (χ1n) is 8.44. The summed E-state index contributed by atoms with van der Waals surface area (Å²) in [7, 11) is 2.25. The Bertz CT molecular complexity index is 665. The highest BCUT2D eigenvalue weighted by Gasteiger charge is 2.39. The van der Waals surface area contributed by atoms with Gasteiger partial charge in [-0.05, 0) is 61.0 Å². The largest absolute Gasteiger partial charge is 0.367 e. The van der Waals surface area contributed by atoms with Gasteiger partial charge in [0, 0.05) is 36.3 Å². The van der Waals surface area contributed by atoms with Crippen LogP contribution in [0.3, 0.4) is 0 Å². The van der Waals surface area contributed by atoms with Crippen molar-refractivity contribution in [3.8, 4) is 11.1 Å². The Balaban J connectivity index is 1.53. The van der Waals surface area contributed by atoms with Crippen LogP contribution in [0, 0.1) is 5.92 Å². The third kappa shape index (κ3) is 2.88. The molecule has 0 spiro atoms. The molecule has 0 aliphatic carbocycles. The number of hydrogen-bond donors (Lipinski definition) is 0. The van der Waals surface area contributed by atoms with E-state index in [1.54, 1.807) is 11.8 Å². The molecule has 2 aliphatic rings. The van der Waals surface area contributed by atoms with Gasteiger partial charge in [0.15, 0.2) is 0 Å². The minimum absolute atomic E-state index is 0.715. The van der Waals surface area contributed by atoms with E-state index in [0.717, 1.165) is 5.92 Å². The average Bonchev–Trinajstić information content (AvgIpc) is 3.14. The molecule has 4 rings (SSSR count). The maximum atomic E-state index is 2.62. The Morgan fingerprint density at radius 1 is 0.913 bits per heavy atom. The zero-order chi connectivity index (χ0) is 15.8. The lowest BCUT2D eigenvalue weighted by Gasteiger charge is -2.26. The van der Waals surface area contributed by atoms with Crippen molar-refractivity contribution in [3.63, 3.8) is 0 Å². The molecule has 120 valence electrons. The first kappa shape index (κ1) is 15.1. The minimum Gasteiger partial charge on any atom is -0.367 e. The van der Waals surface area contributed by atoms with Crippen molar-refractivity contribution in [1.29, 1.82) is 0 Å². The van der Waals surface area contributed by atoms with Gasteiger partial charge in [0.2, 0.25) is 0 Å². The first-order valence-corrected chi connectivity index (χ1v) is 9.67. The van der Waals surface area contributed by atoms with Gasteiger partial charge in [0.25, 0.3) is 0 Å². The predicted molar refractivity (Wildman–Crippen MR) is 100 cm³/mol. The van der Waals surface area contributed by atoms with Gasteiger partial charge in [-0.25, -0.2) is 0 Å². The first-order chi connectivity index (χ1) is 11.2. The standard InChI is InChI=1S/C20H24N2S/c1-21-13-17-11-12-22(20(17)14-21)18-7-3-15(4-8-18)16-5-9-19(23-2)10-6-16/h3-10,17,20H,11-14H2,1-2H3/t17-,20+/m1/s1. The van der Waals surface area contributed by atoms with E-state index >= 15 is 0 Å². The van der Waals surface area contributed by atoms with Crippen molar-refractivity contribution in [3.05, 3.63) is 48.5 Å². The molecule has 2 heterocycles. The Hall–Kier alpha value is -1.45. The second-order valence-electron chi connectivity index (χ2n) is 6.81. The van der Waals surface area contributed by atoms with Crippen LogP contribution in [-0.2, 0) is 0 Å². The van der Waals surface area contributed by atoms with E-state index in [9.17, 15) is 0 Å². The number of likely N-dealkylation sites (tertiary alicyclic amines) is 1. The number of benzene rings is 2. The van der Waals surface area contributed by atoms with Crippen LogP contribution in [0.2, 0.25) is 0 Å². The maximum absolute atomic E-state index is 2.62. The summed E-state index contributed by atoms with van der Waals surface area (Å²) >= 11 is 1.79. The predicted octanol–water partition coefficient (Wildman–Crippen LogP) is 4.22. The van der Waals surface area contributed by atoms with E-state index in [2.05, 4.69) is 71.6 Å². The second-order valence-corrected chi connectivity index (χ2v) is 7.69. The fraction of sp³-hybridized carbons (Fsp3) is 0.400. The monoisotopic (exact) mass is 324 g/mol. The van der Waals surface area contributed by atoms with E-state index in [4.69, 9.17) is 0 Å². The quantitative estimate of drug-likeness (QED) is 0.781. The van der Waals surface area contributed by atoms with Crippen LogP contribution in [0.4, 0.5) is 5.69 Å². The lowest BCUT2D eigenvalue weighted by atomic mass is 10.0. The van der Waals surface area contributed by atoms with E-state index in [-0.39, 0.29) is 0 Å². The third-order valence-electron chi connectivity index (χ3n) is 5.35. The molecule has 3 heteroatoms. The van der Waals surface area contributed by atoms with Crippen molar-refractivity contribution in [1.82, 2.24) is 4.90 Å². The van der Waals surface area contributed by atoms with Gasteiger partial charge in [0.1, 0.15) is 0 Å². The van der Waals surface area contributed by atoms with E-state index < -0.39 is 0 Å². The highest BCUT2D eigenvalue weighted by atomic mass is 32.2. The average molecular weight is 324 g/mol. The Morgan fingerprint density at radius 2 is 1.57 bits per heavy atom. The summed E-state index contributed by atoms with van der Waals surface area (Å²) in [5.74, 6) is 0.860. The molecule has 2 fully saturated rings. The lowest BCUT2D eigenvalue weighted by Crippen LogP contribution is -2.34. The fourth-order valence-corrected chi connectivity index (χ4v) is 4.53. The highest BCUT2D eigenvalue weighted by molar-refractivity contribution is 7.98. The SMILES string of the molecule is CSc1ccc(-c2ccc(N3CC[C@@H]4CN(C)C[C@@H]43)cc2)cc1. The summed E-state index contributed by atoms with van der Waals surface area (Å²) in [5.41, 5.74) is 3.99. The minimum atomic E-state index is 0.715. The topological polar surface area (TPSA) is 6.48 Å². The number of fused-ring (bicyclic) bond motifs is 1. The fourth-order valence-electron chi connectivity index (χ4n) is 4.12. The Kier molecular flexibility index (Phi) is 4.08. The molecule has 2 aromatic rings. The van der Waals surface area contributed by atoms with Gasteiger partial charge in [0.05, 0.1) is 0 Å². The van der Waals surface area contributed by atoms with Gasteiger partial charge >= 0.3 is 0 Å². The number of hydrogen-bond acceptors (Lipinski definition) is 3. The van der Waals surface area contributed by atoms with Crippen LogP contribution in [0.5, 0.6) is 0 Å². The molecule has 0 unspecified atom stereocenters. The van der Waals surface area contributed by atoms with Gasteiger partial charge in [-0.1, -0.05) is 24.3 Å². The molecule has 0 bridgehead atoms. The maximum Gasteiger partial charge on any atom is 0.0457 e. The van der Waals surface area contributed by atoms with E-state index in [1.807, 2.05) is 0 Å². The number of rotatable bonds is 3. The molecule has 0 N–H and O–H groups in total. The summed E-state index contributed by atoms with van der Waals surface area (Å²) in [6.45, 7) is 3.69. The molecular weight excluding hydrogens is 300 g/mol. The number of anilines is 1. The van der Waals surface area contributed by atoms with Crippen molar-refractivity contribution < 1.29 is 0 Å². The van der Waals surface area contributed by atoms with Crippen molar-refractivity contribution >= 4 is 17.4 Å². The van der Waals surface area contributed by atoms with E-state index in [0.29, 0.717) is 6.04 Å². The van der Waals surface area contributed by atoms with E-state index in [1.165, 1.54) is 47.8 Å². The zero-order valence-corrected chi connectivity index (χ0v) is 14.7. The molecule has 2 aromatic carbocycles. The number of thioether (sulfide) groups is 1. The summed E-state index contributed by atoms with van der Waals surface area (Å²) in [4.78, 5) is 6.41. The molecule has 23 heavy (non-hydrogen) atoms. The molecule has 0 amide bonds. The smallest absolute Gasteiger partial charge is 0.0457 e. The number of likely N-dealkylation sites (N-methyl/N-ethyl adjacent to an activating group) is 1. The van der Waals surface area contributed by atoms with Crippen LogP contribution < -0.4 is 4.90 Å². The van der Waals surface area contributed by atoms with Gasteiger partial charge < -0.3 is 9.80 Å². The van der Waals surface area contributed by atoms with Gasteiger partial charge in [-0.15, -0.1) is 11.8 Å². The molecule has 2 atom stereocenters. The summed E-state index contributed by atoms with van der Waals surface area (Å²) in [6.07, 6.45) is 3.46. The number of nitrogens with zero attached hydrogens (tertiary/aromatic N) is 2.